The smallest absolute Gasteiger partial charge is 0.264 e. The van der Waals surface area contributed by atoms with Gasteiger partial charge in [-0.25, -0.2) is 9.37 Å². The minimum absolute atomic E-state index is 0.140. The maximum absolute atomic E-state index is 13.3. The molecule has 1 heterocycles. The number of H-pyrrole nitrogens is 1. The zero-order valence-corrected chi connectivity index (χ0v) is 12.8. The summed E-state index contributed by atoms with van der Waals surface area (Å²) in [6.07, 6.45) is 1.21. The standard InChI is InChI=1S/C18H14FN3O2/c1-11-7-8-13(19)9-15(11)21-17(23)14-10-20-16(22-18(14)24)12-5-3-2-4-6-12/h2-10H,1H3,(H,21,23)(H,20,22,24). The summed E-state index contributed by atoms with van der Waals surface area (Å²) >= 11 is 0. The van der Waals surface area contributed by atoms with Crippen LogP contribution in [0.3, 0.4) is 0 Å². The molecule has 0 radical (unpaired) electrons. The van der Waals surface area contributed by atoms with E-state index in [0.29, 0.717) is 17.1 Å². The topological polar surface area (TPSA) is 74.8 Å². The summed E-state index contributed by atoms with van der Waals surface area (Å²) in [7, 11) is 0. The lowest BCUT2D eigenvalue weighted by Gasteiger charge is -2.08. The molecule has 0 fully saturated rings. The number of hydrogen-bond acceptors (Lipinski definition) is 3. The molecule has 1 aromatic heterocycles. The number of anilines is 1. The normalized spacial score (nSPS) is 10.4. The number of aromatic nitrogens is 2. The van der Waals surface area contributed by atoms with E-state index in [4.69, 9.17) is 0 Å². The summed E-state index contributed by atoms with van der Waals surface area (Å²) in [5.74, 6) is -0.737. The van der Waals surface area contributed by atoms with Gasteiger partial charge in [-0.05, 0) is 24.6 Å². The molecule has 120 valence electrons. The number of carbonyl (C=O) groups excluding carboxylic acids is 1. The van der Waals surface area contributed by atoms with Crippen LogP contribution in [0, 0.1) is 12.7 Å². The summed E-state index contributed by atoms with van der Waals surface area (Å²) in [5, 5.41) is 2.53. The van der Waals surface area contributed by atoms with Gasteiger partial charge in [0.05, 0.1) is 0 Å². The third-order valence-corrected chi connectivity index (χ3v) is 3.54. The van der Waals surface area contributed by atoms with Gasteiger partial charge in [0.25, 0.3) is 11.5 Å². The predicted octanol–water partition coefficient (Wildman–Crippen LogP) is 3.14. The fourth-order valence-electron chi connectivity index (χ4n) is 2.22. The summed E-state index contributed by atoms with van der Waals surface area (Å²) in [6, 6.07) is 13.1. The Labute approximate surface area is 137 Å². The largest absolute Gasteiger partial charge is 0.321 e. The van der Waals surface area contributed by atoms with Crippen molar-refractivity contribution in [2.45, 2.75) is 6.92 Å². The Morgan fingerprint density at radius 1 is 1.17 bits per heavy atom. The fourth-order valence-corrected chi connectivity index (χ4v) is 2.22. The van der Waals surface area contributed by atoms with Crippen LogP contribution in [0.4, 0.5) is 10.1 Å². The first-order valence-electron chi connectivity index (χ1n) is 7.27. The zero-order valence-electron chi connectivity index (χ0n) is 12.8. The molecule has 3 aromatic rings. The highest BCUT2D eigenvalue weighted by molar-refractivity contribution is 6.04. The molecule has 0 bridgehead atoms. The van der Waals surface area contributed by atoms with E-state index < -0.39 is 17.3 Å². The Morgan fingerprint density at radius 2 is 1.92 bits per heavy atom. The number of rotatable bonds is 3. The van der Waals surface area contributed by atoms with Crippen molar-refractivity contribution in [3.8, 4) is 11.4 Å². The molecular weight excluding hydrogens is 309 g/mol. The van der Waals surface area contributed by atoms with Gasteiger partial charge in [0.1, 0.15) is 17.2 Å². The van der Waals surface area contributed by atoms with Crippen LogP contribution in [0.15, 0.2) is 59.5 Å². The number of aryl methyl sites for hydroxylation is 1. The molecule has 24 heavy (non-hydrogen) atoms. The summed E-state index contributed by atoms with van der Waals surface area (Å²) in [4.78, 5) is 31.1. The van der Waals surface area contributed by atoms with Crippen LogP contribution in [0.2, 0.25) is 0 Å². The number of amides is 1. The first-order valence-corrected chi connectivity index (χ1v) is 7.27. The van der Waals surface area contributed by atoms with Crippen molar-refractivity contribution in [1.29, 1.82) is 0 Å². The number of benzene rings is 2. The van der Waals surface area contributed by atoms with Gasteiger partial charge >= 0.3 is 0 Å². The van der Waals surface area contributed by atoms with Crippen LogP contribution >= 0.6 is 0 Å². The fraction of sp³-hybridized carbons (Fsp3) is 0.0556. The SMILES string of the molecule is Cc1ccc(F)cc1NC(=O)c1cnc(-c2ccccc2)[nH]c1=O. The molecule has 0 spiro atoms. The molecule has 5 nitrogen and oxygen atoms in total. The molecule has 2 aromatic carbocycles. The van der Waals surface area contributed by atoms with Gasteiger partial charge in [-0.2, -0.15) is 0 Å². The molecule has 0 aliphatic carbocycles. The second kappa shape index (κ2) is 6.45. The summed E-state index contributed by atoms with van der Waals surface area (Å²) in [6.45, 7) is 1.73. The van der Waals surface area contributed by atoms with Gasteiger partial charge in [-0.15, -0.1) is 0 Å². The van der Waals surface area contributed by atoms with E-state index in [9.17, 15) is 14.0 Å². The van der Waals surface area contributed by atoms with Crippen molar-refractivity contribution in [3.63, 3.8) is 0 Å². The van der Waals surface area contributed by atoms with Crippen LogP contribution in [0.1, 0.15) is 15.9 Å². The Balaban J connectivity index is 1.88. The van der Waals surface area contributed by atoms with Crippen molar-refractivity contribution in [2.24, 2.45) is 0 Å². The van der Waals surface area contributed by atoms with Crippen LogP contribution in [0.5, 0.6) is 0 Å². The number of aromatic amines is 1. The Bertz CT molecular complexity index is 952. The maximum atomic E-state index is 13.3. The third kappa shape index (κ3) is 3.22. The zero-order chi connectivity index (χ0) is 17.1. The summed E-state index contributed by atoms with van der Waals surface area (Å²) in [5.41, 5.74) is 1.04. The van der Waals surface area contributed by atoms with Gasteiger partial charge < -0.3 is 10.3 Å². The van der Waals surface area contributed by atoms with Crippen molar-refractivity contribution in [2.75, 3.05) is 5.32 Å². The van der Waals surface area contributed by atoms with E-state index in [1.807, 2.05) is 18.2 Å². The lowest BCUT2D eigenvalue weighted by molar-refractivity contribution is 0.102. The van der Waals surface area contributed by atoms with Crippen molar-refractivity contribution in [1.82, 2.24) is 9.97 Å². The van der Waals surface area contributed by atoms with Gasteiger partial charge in [-0.3, -0.25) is 9.59 Å². The van der Waals surface area contributed by atoms with Gasteiger partial charge in [0.2, 0.25) is 0 Å². The first-order chi connectivity index (χ1) is 11.5. The molecule has 0 aliphatic heterocycles. The number of nitrogens with zero attached hydrogens (tertiary/aromatic N) is 1. The van der Waals surface area contributed by atoms with Crippen LogP contribution in [0.25, 0.3) is 11.4 Å². The Morgan fingerprint density at radius 3 is 2.62 bits per heavy atom. The molecule has 0 atom stereocenters. The predicted molar refractivity (Wildman–Crippen MR) is 89.4 cm³/mol. The van der Waals surface area contributed by atoms with Gasteiger partial charge in [0, 0.05) is 17.4 Å². The molecule has 0 unspecified atom stereocenters. The van der Waals surface area contributed by atoms with Crippen LogP contribution in [-0.4, -0.2) is 15.9 Å². The molecule has 2 N–H and O–H groups in total. The van der Waals surface area contributed by atoms with Crippen molar-refractivity contribution >= 4 is 11.6 Å². The average molecular weight is 323 g/mol. The Kier molecular flexibility index (Phi) is 4.20. The van der Waals surface area contributed by atoms with E-state index in [1.165, 1.54) is 18.3 Å². The maximum Gasteiger partial charge on any atom is 0.264 e. The van der Waals surface area contributed by atoms with Crippen molar-refractivity contribution < 1.29 is 9.18 Å². The van der Waals surface area contributed by atoms with E-state index in [1.54, 1.807) is 25.1 Å². The average Bonchev–Trinajstić information content (AvgIpc) is 2.58. The molecule has 1 amide bonds. The minimum Gasteiger partial charge on any atom is -0.321 e. The molecule has 6 heteroatoms. The first kappa shape index (κ1) is 15.6. The highest BCUT2D eigenvalue weighted by Gasteiger charge is 2.14. The molecular formula is C18H14FN3O2. The molecule has 0 saturated carbocycles. The van der Waals surface area contributed by atoms with E-state index >= 15 is 0 Å². The minimum atomic E-state index is -0.642. The monoisotopic (exact) mass is 323 g/mol. The van der Waals surface area contributed by atoms with E-state index in [2.05, 4.69) is 15.3 Å². The van der Waals surface area contributed by atoms with Gasteiger partial charge in [-0.1, -0.05) is 36.4 Å². The highest BCUT2D eigenvalue weighted by Crippen LogP contribution is 2.17. The van der Waals surface area contributed by atoms with E-state index in [0.717, 1.165) is 5.56 Å². The summed E-state index contributed by atoms with van der Waals surface area (Å²) < 4.78 is 13.3. The van der Waals surface area contributed by atoms with Crippen LogP contribution < -0.4 is 10.9 Å². The quantitative estimate of drug-likeness (QED) is 0.777. The molecule has 3 rings (SSSR count). The number of halogens is 1. The molecule has 0 aliphatic rings. The highest BCUT2D eigenvalue weighted by atomic mass is 19.1. The van der Waals surface area contributed by atoms with Crippen molar-refractivity contribution in [3.05, 3.63) is 82.0 Å². The van der Waals surface area contributed by atoms with E-state index in [-0.39, 0.29) is 5.56 Å². The van der Waals surface area contributed by atoms with Crippen LogP contribution in [-0.2, 0) is 0 Å². The lowest BCUT2D eigenvalue weighted by atomic mass is 10.2. The van der Waals surface area contributed by atoms with Gasteiger partial charge in [0.15, 0.2) is 0 Å². The second-order valence-corrected chi connectivity index (χ2v) is 5.25. The molecule has 0 saturated heterocycles. The number of hydrogen-bond donors (Lipinski definition) is 2. The lowest BCUT2D eigenvalue weighted by Crippen LogP contribution is -2.24. The third-order valence-electron chi connectivity index (χ3n) is 3.54. The second-order valence-electron chi connectivity index (χ2n) is 5.25. The number of nitrogens with one attached hydrogen (secondary N) is 2. The number of carbonyl (C=O) groups is 1. The Hall–Kier alpha value is -3.28.